The van der Waals surface area contributed by atoms with Crippen LogP contribution in [0.3, 0.4) is 0 Å². The number of fused-ring (bicyclic) bond motifs is 5. The first kappa shape index (κ1) is 22.4. The highest BCUT2D eigenvalue weighted by Gasteiger charge is 2.70. The van der Waals surface area contributed by atoms with E-state index in [1.165, 1.54) is 0 Å². The van der Waals surface area contributed by atoms with Crippen LogP contribution in [0.25, 0.3) is 0 Å². The lowest BCUT2D eigenvalue weighted by molar-refractivity contribution is -0.208. The largest absolute Gasteiger partial charge is 0.462 e. The fraction of sp³-hybridized carbons (Fsp3) is 0.846. The van der Waals surface area contributed by atoms with Crippen molar-refractivity contribution in [2.45, 2.75) is 96.4 Å². The van der Waals surface area contributed by atoms with Crippen molar-refractivity contribution in [3.63, 3.8) is 0 Å². The molecular formula is C26H38O6. The number of esters is 2. The summed E-state index contributed by atoms with van der Waals surface area (Å²) in [5, 5.41) is 22.8. The first-order valence-corrected chi connectivity index (χ1v) is 12.6. The van der Waals surface area contributed by atoms with Gasteiger partial charge in [0.05, 0.1) is 11.7 Å². The number of rotatable bonds is 3. The summed E-state index contributed by atoms with van der Waals surface area (Å²) in [6, 6.07) is 0. The van der Waals surface area contributed by atoms with E-state index < -0.39 is 17.1 Å². The van der Waals surface area contributed by atoms with Gasteiger partial charge in [0.15, 0.2) is 0 Å². The van der Waals surface area contributed by atoms with E-state index in [-0.39, 0.29) is 41.9 Å². The Balaban J connectivity index is 1.52. The molecule has 1 heterocycles. The lowest BCUT2D eigenvalue weighted by Gasteiger charge is -2.63. The second-order valence-corrected chi connectivity index (χ2v) is 11.7. The van der Waals surface area contributed by atoms with Gasteiger partial charge < -0.3 is 19.7 Å². The number of aliphatic hydroxyl groups is 2. The van der Waals surface area contributed by atoms with E-state index in [1.807, 2.05) is 0 Å². The lowest BCUT2D eigenvalue weighted by atomic mass is 9.43. The Morgan fingerprint density at radius 2 is 1.97 bits per heavy atom. The maximum absolute atomic E-state index is 12.5. The van der Waals surface area contributed by atoms with E-state index in [9.17, 15) is 19.8 Å². The van der Waals surface area contributed by atoms with Crippen molar-refractivity contribution in [1.29, 1.82) is 0 Å². The fourth-order valence-corrected chi connectivity index (χ4v) is 8.80. The van der Waals surface area contributed by atoms with Crippen LogP contribution in [0.1, 0.15) is 78.6 Å². The Morgan fingerprint density at radius 3 is 2.66 bits per heavy atom. The van der Waals surface area contributed by atoms with Gasteiger partial charge in [-0.05, 0) is 73.7 Å². The number of aliphatic hydroxyl groups excluding tert-OH is 1. The third-order valence-corrected chi connectivity index (χ3v) is 10.5. The lowest BCUT2D eigenvalue weighted by Crippen LogP contribution is -2.62. The smallest absolute Gasteiger partial charge is 0.331 e. The van der Waals surface area contributed by atoms with Gasteiger partial charge in [0.25, 0.3) is 0 Å². The zero-order chi connectivity index (χ0) is 22.9. The van der Waals surface area contributed by atoms with E-state index >= 15 is 0 Å². The average molecular weight is 447 g/mol. The second-order valence-electron chi connectivity index (χ2n) is 11.7. The van der Waals surface area contributed by atoms with Gasteiger partial charge in [-0.15, -0.1) is 0 Å². The van der Waals surface area contributed by atoms with E-state index in [0.717, 1.165) is 50.5 Å². The van der Waals surface area contributed by atoms with Gasteiger partial charge >= 0.3 is 11.9 Å². The number of carbonyl (C=O) groups is 2. The molecule has 6 heteroatoms. The molecule has 9 atom stereocenters. The summed E-state index contributed by atoms with van der Waals surface area (Å²) in [5.74, 6) is 0.254. The summed E-state index contributed by atoms with van der Waals surface area (Å²) in [6.07, 6.45) is 8.22. The van der Waals surface area contributed by atoms with Crippen LogP contribution in [0, 0.1) is 34.5 Å². The SMILES string of the molecule is CCC(=O)O[C@H]1C[C@]2(O)[C@@H]3CC[C@@H]4C[C@@H](O)CC[C@]4(C)[C@H]3CC[C@]2(C)[C@H]1C1=CC(=O)OC1. The number of cyclic esters (lactones) is 1. The number of hydrogen-bond donors (Lipinski definition) is 2. The molecule has 0 unspecified atom stereocenters. The molecule has 32 heavy (non-hydrogen) atoms. The molecule has 0 aromatic heterocycles. The highest BCUT2D eigenvalue weighted by molar-refractivity contribution is 5.85. The third kappa shape index (κ3) is 3.04. The van der Waals surface area contributed by atoms with Gasteiger partial charge in [0.2, 0.25) is 0 Å². The normalized spacial score (nSPS) is 50.0. The summed E-state index contributed by atoms with van der Waals surface area (Å²) >= 11 is 0. The minimum absolute atomic E-state index is 0.137. The second kappa shape index (κ2) is 7.56. The summed E-state index contributed by atoms with van der Waals surface area (Å²) in [5.41, 5.74) is -0.417. The van der Waals surface area contributed by atoms with Crippen molar-refractivity contribution in [2.24, 2.45) is 34.5 Å². The van der Waals surface area contributed by atoms with Gasteiger partial charge in [-0.25, -0.2) is 4.79 Å². The fourth-order valence-electron chi connectivity index (χ4n) is 8.80. The monoisotopic (exact) mass is 446 g/mol. The van der Waals surface area contributed by atoms with Gasteiger partial charge in [0, 0.05) is 30.3 Å². The van der Waals surface area contributed by atoms with Crippen LogP contribution in [0.15, 0.2) is 11.6 Å². The molecule has 5 aliphatic rings. The van der Waals surface area contributed by atoms with E-state index in [1.54, 1.807) is 13.0 Å². The minimum atomic E-state index is -0.949. The van der Waals surface area contributed by atoms with Crippen molar-refractivity contribution in [1.82, 2.24) is 0 Å². The van der Waals surface area contributed by atoms with Crippen LogP contribution in [-0.2, 0) is 19.1 Å². The van der Waals surface area contributed by atoms with E-state index in [0.29, 0.717) is 24.7 Å². The first-order chi connectivity index (χ1) is 15.1. The molecule has 0 aromatic rings. The molecule has 6 nitrogen and oxygen atoms in total. The van der Waals surface area contributed by atoms with Crippen molar-refractivity contribution < 1.29 is 29.3 Å². The van der Waals surface area contributed by atoms with Crippen LogP contribution in [0.2, 0.25) is 0 Å². The maximum atomic E-state index is 12.5. The molecular weight excluding hydrogens is 408 g/mol. The van der Waals surface area contributed by atoms with Crippen LogP contribution in [-0.4, -0.2) is 46.6 Å². The summed E-state index contributed by atoms with van der Waals surface area (Å²) < 4.78 is 11.2. The van der Waals surface area contributed by atoms with Crippen molar-refractivity contribution >= 4 is 11.9 Å². The standard InChI is InChI=1S/C26H38O6/c1-4-21(28)32-20-13-26(30)19-6-5-16-12-17(27)7-9-24(16,2)18(19)8-10-25(26,3)23(20)15-11-22(29)31-14-15/h11,16-20,23,27,30H,4-10,12-14H2,1-3H3/t16-,17+,18+,19-,20+,23+,24+,25-,26+/m1/s1. The molecule has 0 radical (unpaired) electrons. The Kier molecular flexibility index (Phi) is 5.29. The van der Waals surface area contributed by atoms with Crippen molar-refractivity contribution in [3.8, 4) is 0 Å². The molecule has 0 saturated heterocycles. The molecule has 178 valence electrons. The van der Waals surface area contributed by atoms with Crippen molar-refractivity contribution in [2.75, 3.05) is 6.61 Å². The van der Waals surface area contributed by atoms with Gasteiger partial charge in [0.1, 0.15) is 12.7 Å². The van der Waals surface area contributed by atoms with Crippen LogP contribution in [0.4, 0.5) is 0 Å². The molecule has 0 aromatic carbocycles. The molecule has 0 spiro atoms. The van der Waals surface area contributed by atoms with Gasteiger partial charge in [-0.2, -0.15) is 0 Å². The summed E-state index contributed by atoms with van der Waals surface area (Å²) in [7, 11) is 0. The van der Waals surface area contributed by atoms with Crippen molar-refractivity contribution in [3.05, 3.63) is 11.6 Å². The highest BCUT2D eigenvalue weighted by Crippen LogP contribution is 2.70. The number of hydrogen-bond acceptors (Lipinski definition) is 6. The molecule has 4 aliphatic carbocycles. The Morgan fingerprint density at radius 1 is 1.19 bits per heavy atom. The quantitative estimate of drug-likeness (QED) is 0.644. The predicted molar refractivity (Wildman–Crippen MR) is 117 cm³/mol. The van der Waals surface area contributed by atoms with Gasteiger partial charge in [-0.1, -0.05) is 20.8 Å². The average Bonchev–Trinajstić information content (AvgIpc) is 3.26. The molecule has 5 rings (SSSR count). The van der Waals surface area contributed by atoms with E-state index in [4.69, 9.17) is 9.47 Å². The summed E-state index contributed by atoms with van der Waals surface area (Å²) in [6.45, 7) is 6.55. The molecule has 0 amide bonds. The first-order valence-electron chi connectivity index (χ1n) is 12.6. The molecule has 4 saturated carbocycles. The molecule has 4 fully saturated rings. The number of ether oxygens (including phenoxy) is 2. The Bertz CT molecular complexity index is 836. The molecule has 0 bridgehead atoms. The minimum Gasteiger partial charge on any atom is -0.462 e. The topological polar surface area (TPSA) is 93.1 Å². The zero-order valence-corrected chi connectivity index (χ0v) is 19.6. The van der Waals surface area contributed by atoms with Crippen LogP contribution >= 0.6 is 0 Å². The molecule has 2 N–H and O–H groups in total. The third-order valence-electron chi connectivity index (χ3n) is 10.5. The summed E-state index contributed by atoms with van der Waals surface area (Å²) in [4.78, 5) is 24.2. The molecule has 1 aliphatic heterocycles. The van der Waals surface area contributed by atoms with Crippen LogP contribution < -0.4 is 0 Å². The van der Waals surface area contributed by atoms with E-state index in [2.05, 4.69) is 13.8 Å². The zero-order valence-electron chi connectivity index (χ0n) is 19.6. The highest BCUT2D eigenvalue weighted by atomic mass is 16.5. The number of carbonyl (C=O) groups excluding carboxylic acids is 2. The van der Waals surface area contributed by atoms with Gasteiger partial charge in [-0.3, -0.25) is 4.79 Å². The Hall–Kier alpha value is -1.40. The predicted octanol–water partition coefficient (Wildman–Crippen LogP) is 3.54. The maximum Gasteiger partial charge on any atom is 0.331 e. The Labute approximate surface area is 190 Å². The van der Waals surface area contributed by atoms with Crippen LogP contribution in [0.5, 0.6) is 0 Å².